The molecule has 1 N–H and O–H groups in total. The molecule has 0 spiro atoms. The van der Waals surface area contributed by atoms with Gasteiger partial charge >= 0.3 is 0 Å². The minimum atomic E-state index is -0.410. The zero-order valence-electron chi connectivity index (χ0n) is 23.7. The first kappa shape index (κ1) is 26.7. The Hall–Kier alpha value is -3.91. The molecule has 2 aromatic carbocycles. The highest BCUT2D eigenvalue weighted by Gasteiger charge is 2.46. The second-order valence-electron chi connectivity index (χ2n) is 11.2. The van der Waals surface area contributed by atoms with E-state index in [0.29, 0.717) is 17.9 Å². The van der Waals surface area contributed by atoms with Crippen molar-refractivity contribution >= 4 is 5.91 Å². The van der Waals surface area contributed by atoms with Crippen LogP contribution in [-0.4, -0.2) is 57.6 Å². The van der Waals surface area contributed by atoms with Crippen molar-refractivity contribution in [3.05, 3.63) is 77.9 Å². The Balaban J connectivity index is 1.46. The smallest absolute Gasteiger partial charge is 0.252 e. The molecule has 8 heteroatoms. The summed E-state index contributed by atoms with van der Waals surface area (Å²) in [5.74, 6) is 0.629. The maximum Gasteiger partial charge on any atom is 0.252 e. The third-order valence-electron chi connectivity index (χ3n) is 7.35. The van der Waals surface area contributed by atoms with Crippen molar-refractivity contribution in [3.63, 3.8) is 0 Å². The van der Waals surface area contributed by atoms with Crippen molar-refractivity contribution in [1.82, 2.24) is 29.8 Å². The molecule has 39 heavy (non-hydrogen) atoms. The van der Waals surface area contributed by atoms with Crippen LogP contribution in [-0.2, 0) is 12.6 Å². The second-order valence-corrected chi connectivity index (χ2v) is 11.2. The van der Waals surface area contributed by atoms with Gasteiger partial charge < -0.3 is 15.0 Å². The Bertz CT molecular complexity index is 1480. The predicted molar refractivity (Wildman–Crippen MR) is 154 cm³/mol. The van der Waals surface area contributed by atoms with Crippen molar-refractivity contribution in [1.29, 1.82) is 0 Å². The third-order valence-corrected chi connectivity index (χ3v) is 7.35. The Labute approximate surface area is 230 Å². The van der Waals surface area contributed by atoms with E-state index in [4.69, 9.17) is 4.74 Å². The van der Waals surface area contributed by atoms with Gasteiger partial charge in [0.25, 0.3) is 5.91 Å². The quantitative estimate of drug-likeness (QED) is 0.307. The molecule has 0 saturated heterocycles. The standard InChI is InChI=1S/C31H38N6O2/c1-21(2)37-20-26(18-33-37)24-13-23(25-17-32-36(6)19-25)14-27(15-24)31(9-10-31)34-30(38)29-16-28(8-7-22(29)3)39-12-11-35(4)5/h7-8,13-21H,9-12H2,1-6H3,(H,34,38). The number of aryl methyl sites for hydroxylation is 2. The molecule has 8 nitrogen and oxygen atoms in total. The summed E-state index contributed by atoms with van der Waals surface area (Å²) in [4.78, 5) is 15.7. The number of hydrogen-bond acceptors (Lipinski definition) is 5. The van der Waals surface area contributed by atoms with Gasteiger partial charge in [0.1, 0.15) is 12.4 Å². The van der Waals surface area contributed by atoms with E-state index in [1.165, 1.54) is 0 Å². The molecule has 0 unspecified atom stereocenters. The number of ether oxygens (including phenoxy) is 1. The zero-order valence-corrected chi connectivity index (χ0v) is 23.7. The molecule has 204 valence electrons. The number of nitrogens with one attached hydrogen (secondary N) is 1. The van der Waals surface area contributed by atoms with Gasteiger partial charge in [-0.25, -0.2) is 0 Å². The Kier molecular flexibility index (Phi) is 7.32. The lowest BCUT2D eigenvalue weighted by atomic mass is 9.94. The van der Waals surface area contributed by atoms with Crippen molar-refractivity contribution in [2.24, 2.45) is 7.05 Å². The van der Waals surface area contributed by atoms with Crippen LogP contribution in [0.2, 0.25) is 0 Å². The first-order valence-electron chi connectivity index (χ1n) is 13.5. The summed E-state index contributed by atoms with van der Waals surface area (Å²) in [5.41, 5.74) is 6.49. The number of benzene rings is 2. The van der Waals surface area contributed by atoms with Crippen LogP contribution in [0.1, 0.15) is 54.2 Å². The fourth-order valence-electron chi connectivity index (χ4n) is 4.75. The Morgan fingerprint density at radius 1 is 1.03 bits per heavy atom. The molecule has 0 aliphatic heterocycles. The minimum absolute atomic E-state index is 0.0796. The molecule has 1 aliphatic carbocycles. The molecular formula is C31H38N6O2. The first-order valence-corrected chi connectivity index (χ1v) is 13.5. The third kappa shape index (κ3) is 5.91. The number of nitrogens with zero attached hydrogens (tertiary/aromatic N) is 5. The lowest BCUT2D eigenvalue weighted by Gasteiger charge is -2.21. The first-order chi connectivity index (χ1) is 18.6. The van der Waals surface area contributed by atoms with E-state index in [2.05, 4.69) is 58.7 Å². The molecule has 5 rings (SSSR count). The van der Waals surface area contributed by atoms with Crippen LogP contribution in [0.5, 0.6) is 5.75 Å². The van der Waals surface area contributed by atoms with Gasteiger partial charge in [-0.05, 0) is 100 Å². The fraction of sp³-hybridized carbons (Fsp3) is 0.387. The lowest BCUT2D eigenvalue weighted by molar-refractivity contribution is 0.0929. The van der Waals surface area contributed by atoms with Gasteiger partial charge in [-0.1, -0.05) is 6.07 Å². The molecule has 1 amide bonds. The van der Waals surface area contributed by atoms with E-state index in [1.807, 2.05) is 74.2 Å². The molecule has 1 aliphatic rings. The maximum atomic E-state index is 13.6. The Morgan fingerprint density at radius 3 is 2.31 bits per heavy atom. The predicted octanol–water partition coefficient (Wildman–Crippen LogP) is 5.20. The van der Waals surface area contributed by atoms with E-state index in [1.54, 1.807) is 0 Å². The van der Waals surface area contributed by atoms with Gasteiger partial charge in [0.2, 0.25) is 0 Å². The van der Waals surface area contributed by atoms with Gasteiger partial charge in [0.05, 0.1) is 17.9 Å². The largest absolute Gasteiger partial charge is 0.492 e. The topological polar surface area (TPSA) is 77.2 Å². The number of carbonyl (C=O) groups excluding carboxylic acids is 1. The average Bonchev–Trinajstić information content (AvgIpc) is 3.29. The van der Waals surface area contributed by atoms with Crippen molar-refractivity contribution in [3.8, 4) is 28.0 Å². The minimum Gasteiger partial charge on any atom is -0.492 e. The summed E-state index contributed by atoms with van der Waals surface area (Å²) < 4.78 is 9.68. The van der Waals surface area contributed by atoms with Crippen LogP contribution in [0.25, 0.3) is 22.3 Å². The van der Waals surface area contributed by atoms with Gasteiger partial charge in [-0.3, -0.25) is 14.2 Å². The van der Waals surface area contributed by atoms with E-state index >= 15 is 0 Å². The summed E-state index contributed by atoms with van der Waals surface area (Å²) in [6.45, 7) is 7.58. The zero-order chi connectivity index (χ0) is 27.7. The number of aromatic nitrogens is 4. The van der Waals surface area contributed by atoms with Gasteiger partial charge in [0, 0.05) is 48.7 Å². The molecular weight excluding hydrogens is 488 g/mol. The normalized spacial score (nSPS) is 14.2. The lowest BCUT2D eigenvalue weighted by Crippen LogP contribution is -2.35. The molecule has 0 atom stereocenters. The van der Waals surface area contributed by atoms with Gasteiger partial charge in [-0.15, -0.1) is 0 Å². The molecule has 2 aromatic heterocycles. The molecule has 0 radical (unpaired) electrons. The van der Waals surface area contributed by atoms with Crippen molar-refractivity contribution in [2.75, 3.05) is 27.2 Å². The summed E-state index contributed by atoms with van der Waals surface area (Å²) in [5, 5.41) is 12.3. The second kappa shape index (κ2) is 10.7. The van der Waals surface area contributed by atoms with E-state index < -0.39 is 5.54 Å². The number of amides is 1. The SMILES string of the molecule is Cc1ccc(OCCN(C)C)cc1C(=O)NC1(c2cc(-c3cnn(C)c3)cc(-c3cnn(C(C)C)c3)c2)CC1. The maximum absolute atomic E-state index is 13.6. The van der Waals surface area contributed by atoms with Crippen LogP contribution >= 0.6 is 0 Å². The van der Waals surface area contributed by atoms with Crippen LogP contribution in [0.3, 0.4) is 0 Å². The highest BCUT2D eigenvalue weighted by Crippen LogP contribution is 2.48. The number of hydrogen-bond donors (Lipinski definition) is 1. The van der Waals surface area contributed by atoms with Crippen molar-refractivity contribution < 1.29 is 9.53 Å². The van der Waals surface area contributed by atoms with Gasteiger partial charge in [0.15, 0.2) is 0 Å². The monoisotopic (exact) mass is 526 g/mol. The van der Waals surface area contributed by atoms with Gasteiger partial charge in [-0.2, -0.15) is 10.2 Å². The highest BCUT2D eigenvalue weighted by atomic mass is 16.5. The summed E-state index contributed by atoms with van der Waals surface area (Å²) in [7, 11) is 5.94. The van der Waals surface area contributed by atoms with Crippen LogP contribution in [0.15, 0.2) is 61.2 Å². The van der Waals surface area contributed by atoms with E-state index in [-0.39, 0.29) is 11.9 Å². The molecule has 0 bridgehead atoms. The fourth-order valence-corrected chi connectivity index (χ4v) is 4.75. The number of likely N-dealkylation sites (N-methyl/N-ethyl adjacent to an activating group) is 1. The molecule has 2 heterocycles. The molecule has 1 saturated carbocycles. The van der Waals surface area contributed by atoms with Crippen LogP contribution in [0, 0.1) is 6.92 Å². The summed E-state index contributed by atoms with van der Waals surface area (Å²) in [6, 6.07) is 12.6. The van der Waals surface area contributed by atoms with Crippen LogP contribution in [0.4, 0.5) is 0 Å². The van der Waals surface area contributed by atoms with E-state index in [9.17, 15) is 4.79 Å². The number of carbonyl (C=O) groups is 1. The highest BCUT2D eigenvalue weighted by molar-refractivity contribution is 5.97. The van der Waals surface area contributed by atoms with E-state index in [0.717, 1.165) is 52.8 Å². The summed E-state index contributed by atoms with van der Waals surface area (Å²) in [6.07, 6.45) is 9.67. The summed E-state index contributed by atoms with van der Waals surface area (Å²) >= 11 is 0. The number of rotatable bonds is 10. The molecule has 1 fully saturated rings. The molecule has 4 aromatic rings. The Morgan fingerprint density at radius 2 is 1.72 bits per heavy atom. The van der Waals surface area contributed by atoms with Crippen LogP contribution < -0.4 is 10.1 Å². The van der Waals surface area contributed by atoms with Crippen molar-refractivity contribution in [2.45, 2.75) is 45.2 Å². The average molecular weight is 527 g/mol.